The first-order valence-corrected chi connectivity index (χ1v) is 11.2. The number of unbranched alkanes of at least 4 members (excludes halogenated alkanes) is 1. The second-order valence-corrected chi connectivity index (χ2v) is 8.22. The SMILES string of the molecule is O=C(N[C@@H](CCCCNC(=O)c1ccccc1)C1[C@@H](O)CC[C@@H]1O)OCc1ccccc1. The lowest BCUT2D eigenvalue weighted by atomic mass is 9.90. The molecule has 2 aromatic rings. The van der Waals surface area contributed by atoms with Crippen LogP contribution in [0.15, 0.2) is 60.7 Å². The molecule has 7 nitrogen and oxygen atoms in total. The molecule has 1 aliphatic rings. The first-order chi connectivity index (χ1) is 15.5. The summed E-state index contributed by atoms with van der Waals surface area (Å²) in [5, 5.41) is 26.4. The van der Waals surface area contributed by atoms with Gasteiger partial charge in [-0.3, -0.25) is 4.79 Å². The predicted octanol–water partition coefficient (Wildman–Crippen LogP) is 3.01. The van der Waals surface area contributed by atoms with Crippen molar-refractivity contribution in [2.24, 2.45) is 5.92 Å². The standard InChI is InChI=1S/C25H32N2O5/c28-21-14-15-22(29)23(21)20(27-25(31)32-17-18-9-3-1-4-10-18)13-7-8-16-26-24(30)19-11-5-2-6-12-19/h1-6,9-12,20-23,28-29H,7-8,13-17H2,(H,26,30)(H,27,31)/t20-,21-,22-/m0/s1. The van der Waals surface area contributed by atoms with E-state index in [9.17, 15) is 19.8 Å². The quantitative estimate of drug-likeness (QED) is 0.425. The number of nitrogens with one attached hydrogen (secondary N) is 2. The van der Waals surface area contributed by atoms with E-state index in [1.165, 1.54) is 0 Å². The van der Waals surface area contributed by atoms with Crippen LogP contribution in [-0.2, 0) is 11.3 Å². The molecule has 0 unspecified atom stereocenters. The molecule has 3 rings (SSSR count). The van der Waals surface area contributed by atoms with Gasteiger partial charge in [-0.2, -0.15) is 0 Å². The molecule has 2 amide bonds. The van der Waals surface area contributed by atoms with Crippen LogP contribution in [0.2, 0.25) is 0 Å². The number of aliphatic hydroxyl groups excluding tert-OH is 2. The van der Waals surface area contributed by atoms with Gasteiger partial charge in [0, 0.05) is 24.1 Å². The van der Waals surface area contributed by atoms with Crippen molar-refractivity contribution in [3.05, 3.63) is 71.8 Å². The van der Waals surface area contributed by atoms with Crippen LogP contribution in [-0.4, -0.2) is 47.0 Å². The number of hydrogen-bond acceptors (Lipinski definition) is 5. The fraction of sp³-hybridized carbons (Fsp3) is 0.440. The number of rotatable bonds is 10. The zero-order valence-corrected chi connectivity index (χ0v) is 18.2. The van der Waals surface area contributed by atoms with E-state index in [1.807, 2.05) is 48.5 Å². The van der Waals surface area contributed by atoms with Crippen molar-refractivity contribution in [2.45, 2.75) is 57.0 Å². The number of ether oxygens (including phenoxy) is 1. The van der Waals surface area contributed by atoms with Crippen LogP contribution in [0.3, 0.4) is 0 Å². The van der Waals surface area contributed by atoms with Gasteiger partial charge >= 0.3 is 6.09 Å². The maximum absolute atomic E-state index is 12.4. The number of benzene rings is 2. The smallest absolute Gasteiger partial charge is 0.407 e. The number of carbonyl (C=O) groups excluding carboxylic acids is 2. The molecule has 0 heterocycles. The van der Waals surface area contributed by atoms with Crippen molar-refractivity contribution in [3.8, 4) is 0 Å². The minimum absolute atomic E-state index is 0.119. The van der Waals surface area contributed by atoms with Crippen LogP contribution in [0.4, 0.5) is 4.79 Å². The van der Waals surface area contributed by atoms with Crippen LogP contribution in [0.25, 0.3) is 0 Å². The summed E-state index contributed by atoms with van der Waals surface area (Å²) in [6, 6.07) is 18.0. The Labute approximate surface area is 188 Å². The first kappa shape index (κ1) is 23.8. The minimum atomic E-state index is -0.665. The van der Waals surface area contributed by atoms with E-state index in [2.05, 4.69) is 10.6 Å². The lowest BCUT2D eigenvalue weighted by Gasteiger charge is -2.29. The highest BCUT2D eigenvalue weighted by molar-refractivity contribution is 5.94. The van der Waals surface area contributed by atoms with Gasteiger partial charge < -0.3 is 25.6 Å². The third-order valence-electron chi connectivity index (χ3n) is 5.89. The molecule has 3 atom stereocenters. The van der Waals surface area contributed by atoms with Gasteiger partial charge in [0.05, 0.1) is 12.2 Å². The van der Waals surface area contributed by atoms with E-state index >= 15 is 0 Å². The topological polar surface area (TPSA) is 108 Å². The number of alkyl carbamates (subject to hydrolysis) is 1. The molecule has 0 saturated heterocycles. The Morgan fingerprint density at radius 1 is 0.938 bits per heavy atom. The second-order valence-electron chi connectivity index (χ2n) is 8.22. The van der Waals surface area contributed by atoms with Crippen LogP contribution in [0.1, 0.15) is 48.0 Å². The summed E-state index contributed by atoms with van der Waals surface area (Å²) >= 11 is 0. The van der Waals surface area contributed by atoms with Crippen LogP contribution in [0.5, 0.6) is 0 Å². The van der Waals surface area contributed by atoms with Crippen molar-refractivity contribution >= 4 is 12.0 Å². The Morgan fingerprint density at radius 2 is 1.56 bits per heavy atom. The lowest BCUT2D eigenvalue weighted by Crippen LogP contribution is -2.46. The molecular weight excluding hydrogens is 408 g/mol. The molecular formula is C25H32N2O5. The van der Waals surface area contributed by atoms with Gasteiger partial charge in [-0.25, -0.2) is 4.79 Å². The summed E-state index contributed by atoms with van der Waals surface area (Å²) < 4.78 is 5.33. The Hall–Kier alpha value is -2.90. The molecule has 32 heavy (non-hydrogen) atoms. The normalized spacial score (nSPS) is 19.3. The maximum Gasteiger partial charge on any atom is 0.407 e. The van der Waals surface area contributed by atoms with E-state index < -0.39 is 30.3 Å². The predicted molar refractivity (Wildman–Crippen MR) is 121 cm³/mol. The Balaban J connectivity index is 1.47. The van der Waals surface area contributed by atoms with Crippen LogP contribution >= 0.6 is 0 Å². The number of carbonyl (C=O) groups is 2. The molecule has 0 bridgehead atoms. The Bertz CT molecular complexity index is 836. The van der Waals surface area contributed by atoms with Gasteiger partial charge in [0.15, 0.2) is 0 Å². The van der Waals surface area contributed by atoms with E-state index in [0.717, 1.165) is 5.56 Å². The van der Waals surface area contributed by atoms with Gasteiger partial charge in [-0.05, 0) is 49.8 Å². The molecule has 4 N–H and O–H groups in total. The van der Waals surface area contributed by atoms with Gasteiger partial charge in [0.2, 0.25) is 0 Å². The third-order valence-corrected chi connectivity index (χ3v) is 5.89. The largest absolute Gasteiger partial charge is 0.445 e. The average molecular weight is 441 g/mol. The van der Waals surface area contributed by atoms with Crippen molar-refractivity contribution in [2.75, 3.05) is 6.54 Å². The third kappa shape index (κ3) is 7.07. The number of amides is 2. The summed E-state index contributed by atoms with van der Waals surface area (Å²) in [6.07, 6.45) is 1.13. The number of aliphatic hydroxyl groups is 2. The van der Waals surface area contributed by atoms with Crippen molar-refractivity contribution in [1.82, 2.24) is 10.6 Å². The summed E-state index contributed by atoms with van der Waals surface area (Å²) in [6.45, 7) is 0.662. The highest BCUT2D eigenvalue weighted by Gasteiger charge is 2.40. The summed E-state index contributed by atoms with van der Waals surface area (Å²) in [5.41, 5.74) is 1.50. The highest BCUT2D eigenvalue weighted by Crippen LogP contribution is 2.31. The summed E-state index contributed by atoms with van der Waals surface area (Å²) in [4.78, 5) is 24.5. The molecule has 0 radical (unpaired) electrons. The highest BCUT2D eigenvalue weighted by atomic mass is 16.5. The van der Waals surface area contributed by atoms with Gasteiger partial charge in [-0.15, -0.1) is 0 Å². The minimum Gasteiger partial charge on any atom is -0.445 e. The molecule has 1 aliphatic carbocycles. The summed E-state index contributed by atoms with van der Waals surface area (Å²) in [5.74, 6) is -0.551. The fourth-order valence-corrected chi connectivity index (χ4v) is 4.18. The van der Waals surface area contributed by atoms with Crippen molar-refractivity contribution < 1.29 is 24.5 Å². The molecule has 172 valence electrons. The molecule has 0 aromatic heterocycles. The zero-order valence-electron chi connectivity index (χ0n) is 18.2. The first-order valence-electron chi connectivity index (χ1n) is 11.2. The molecule has 2 aromatic carbocycles. The molecule has 1 saturated carbocycles. The fourth-order valence-electron chi connectivity index (χ4n) is 4.18. The number of hydrogen-bond donors (Lipinski definition) is 4. The summed E-state index contributed by atoms with van der Waals surface area (Å²) in [7, 11) is 0. The van der Waals surface area contributed by atoms with Crippen LogP contribution < -0.4 is 10.6 Å². The lowest BCUT2D eigenvalue weighted by molar-refractivity contribution is 0.0370. The van der Waals surface area contributed by atoms with Gasteiger partial charge in [0.25, 0.3) is 5.91 Å². The average Bonchev–Trinajstić information content (AvgIpc) is 3.15. The molecule has 0 aliphatic heterocycles. The molecule has 7 heteroatoms. The molecule has 1 fully saturated rings. The van der Waals surface area contributed by atoms with Crippen LogP contribution in [0, 0.1) is 5.92 Å². The van der Waals surface area contributed by atoms with Gasteiger partial charge in [0.1, 0.15) is 6.61 Å². The maximum atomic E-state index is 12.4. The molecule has 0 spiro atoms. The van der Waals surface area contributed by atoms with Crippen molar-refractivity contribution in [1.29, 1.82) is 0 Å². The Morgan fingerprint density at radius 3 is 2.22 bits per heavy atom. The van der Waals surface area contributed by atoms with Crippen molar-refractivity contribution in [3.63, 3.8) is 0 Å². The second kappa shape index (κ2) is 12.2. The monoisotopic (exact) mass is 440 g/mol. The van der Waals surface area contributed by atoms with E-state index in [-0.39, 0.29) is 12.5 Å². The Kier molecular flexibility index (Phi) is 9.07. The van der Waals surface area contributed by atoms with E-state index in [1.54, 1.807) is 12.1 Å². The van der Waals surface area contributed by atoms with Gasteiger partial charge in [-0.1, -0.05) is 48.5 Å². The zero-order chi connectivity index (χ0) is 22.8. The van der Waals surface area contributed by atoms with E-state index in [0.29, 0.717) is 44.2 Å². The van der Waals surface area contributed by atoms with E-state index in [4.69, 9.17) is 4.74 Å².